The van der Waals surface area contributed by atoms with Gasteiger partial charge in [-0.15, -0.1) is 0 Å². The molecule has 94 valence electrons. The SMILES string of the molecule is Cc1cccc(C)c1OCC(=O)NCC(C)N. The summed E-state index contributed by atoms with van der Waals surface area (Å²) < 4.78 is 5.51. The highest BCUT2D eigenvalue weighted by Gasteiger charge is 2.07. The predicted octanol–water partition coefficient (Wildman–Crippen LogP) is 1.15. The van der Waals surface area contributed by atoms with Gasteiger partial charge >= 0.3 is 0 Å². The van der Waals surface area contributed by atoms with Gasteiger partial charge in [-0.3, -0.25) is 4.79 Å². The van der Waals surface area contributed by atoms with Gasteiger partial charge in [0.2, 0.25) is 0 Å². The fourth-order valence-corrected chi connectivity index (χ4v) is 1.49. The highest BCUT2D eigenvalue weighted by Crippen LogP contribution is 2.21. The van der Waals surface area contributed by atoms with E-state index < -0.39 is 0 Å². The average molecular weight is 236 g/mol. The number of para-hydroxylation sites is 1. The molecule has 1 aromatic carbocycles. The second kappa shape index (κ2) is 6.25. The molecule has 1 aromatic rings. The zero-order chi connectivity index (χ0) is 12.8. The Hall–Kier alpha value is -1.55. The molecule has 0 saturated heterocycles. The van der Waals surface area contributed by atoms with Crippen LogP contribution in [0.5, 0.6) is 5.75 Å². The molecule has 1 rings (SSSR count). The summed E-state index contributed by atoms with van der Waals surface area (Å²) >= 11 is 0. The maximum Gasteiger partial charge on any atom is 0.257 e. The van der Waals surface area contributed by atoms with E-state index in [1.54, 1.807) is 0 Å². The number of aryl methyl sites for hydroxylation is 2. The second-order valence-electron chi connectivity index (χ2n) is 4.29. The summed E-state index contributed by atoms with van der Waals surface area (Å²) in [4.78, 5) is 11.5. The summed E-state index contributed by atoms with van der Waals surface area (Å²) in [6.07, 6.45) is 0. The number of hydrogen-bond acceptors (Lipinski definition) is 3. The largest absolute Gasteiger partial charge is 0.483 e. The quantitative estimate of drug-likeness (QED) is 0.806. The molecule has 0 bridgehead atoms. The molecule has 4 nitrogen and oxygen atoms in total. The lowest BCUT2D eigenvalue weighted by atomic mass is 10.1. The molecule has 0 aliphatic rings. The third-order valence-corrected chi connectivity index (χ3v) is 2.38. The lowest BCUT2D eigenvalue weighted by molar-refractivity contribution is -0.123. The van der Waals surface area contributed by atoms with E-state index >= 15 is 0 Å². The Balaban J connectivity index is 2.47. The van der Waals surface area contributed by atoms with Crippen molar-refractivity contribution in [1.82, 2.24) is 5.32 Å². The number of rotatable bonds is 5. The van der Waals surface area contributed by atoms with Crippen LogP contribution in [0.1, 0.15) is 18.1 Å². The maximum atomic E-state index is 11.5. The van der Waals surface area contributed by atoms with Crippen LogP contribution >= 0.6 is 0 Å². The molecule has 1 unspecified atom stereocenters. The molecule has 1 atom stereocenters. The molecule has 1 amide bonds. The summed E-state index contributed by atoms with van der Waals surface area (Å²) in [5.41, 5.74) is 7.61. The van der Waals surface area contributed by atoms with Gasteiger partial charge in [-0.1, -0.05) is 18.2 Å². The first kappa shape index (κ1) is 13.5. The normalized spacial score (nSPS) is 12.0. The lowest BCUT2D eigenvalue weighted by Crippen LogP contribution is -2.37. The van der Waals surface area contributed by atoms with E-state index in [-0.39, 0.29) is 18.6 Å². The number of ether oxygens (including phenoxy) is 1. The molecular formula is C13H20N2O2. The first-order valence-corrected chi connectivity index (χ1v) is 5.72. The Labute approximate surface area is 102 Å². The average Bonchev–Trinajstić information content (AvgIpc) is 2.25. The van der Waals surface area contributed by atoms with Crippen molar-refractivity contribution < 1.29 is 9.53 Å². The van der Waals surface area contributed by atoms with Gasteiger partial charge in [0.25, 0.3) is 5.91 Å². The van der Waals surface area contributed by atoms with Gasteiger partial charge in [-0.25, -0.2) is 0 Å². The topological polar surface area (TPSA) is 64.3 Å². The van der Waals surface area contributed by atoms with E-state index in [0.717, 1.165) is 16.9 Å². The van der Waals surface area contributed by atoms with Crippen LogP contribution in [0.2, 0.25) is 0 Å². The van der Waals surface area contributed by atoms with Crippen LogP contribution in [0.25, 0.3) is 0 Å². The number of amides is 1. The van der Waals surface area contributed by atoms with E-state index in [2.05, 4.69) is 5.32 Å². The maximum absolute atomic E-state index is 11.5. The number of benzene rings is 1. The van der Waals surface area contributed by atoms with Crippen LogP contribution in [0, 0.1) is 13.8 Å². The van der Waals surface area contributed by atoms with Crippen LogP contribution in [0.3, 0.4) is 0 Å². The molecule has 0 radical (unpaired) electrons. The Morgan fingerprint density at radius 1 is 1.41 bits per heavy atom. The summed E-state index contributed by atoms with van der Waals surface area (Å²) in [7, 11) is 0. The van der Waals surface area contributed by atoms with E-state index in [0.29, 0.717) is 6.54 Å². The highest BCUT2D eigenvalue weighted by molar-refractivity contribution is 5.77. The molecule has 17 heavy (non-hydrogen) atoms. The van der Waals surface area contributed by atoms with Gasteiger partial charge in [0.1, 0.15) is 5.75 Å². The molecule has 4 heteroatoms. The minimum Gasteiger partial charge on any atom is -0.483 e. The summed E-state index contributed by atoms with van der Waals surface area (Å²) in [5.74, 6) is 0.633. The zero-order valence-electron chi connectivity index (χ0n) is 10.6. The van der Waals surface area contributed by atoms with Gasteiger partial charge in [0, 0.05) is 12.6 Å². The molecule has 0 fully saturated rings. The van der Waals surface area contributed by atoms with E-state index in [1.165, 1.54) is 0 Å². The van der Waals surface area contributed by atoms with Gasteiger partial charge < -0.3 is 15.8 Å². The molecule has 3 N–H and O–H groups in total. The first-order valence-electron chi connectivity index (χ1n) is 5.72. The third kappa shape index (κ3) is 4.44. The van der Waals surface area contributed by atoms with E-state index in [4.69, 9.17) is 10.5 Å². The molecule has 0 saturated carbocycles. The fraction of sp³-hybridized carbons (Fsp3) is 0.462. The van der Waals surface area contributed by atoms with Crippen molar-refractivity contribution >= 4 is 5.91 Å². The Morgan fingerprint density at radius 2 is 2.00 bits per heavy atom. The zero-order valence-corrected chi connectivity index (χ0v) is 10.6. The van der Waals surface area contributed by atoms with Crippen molar-refractivity contribution in [3.05, 3.63) is 29.3 Å². The van der Waals surface area contributed by atoms with Gasteiger partial charge in [0.05, 0.1) is 0 Å². The van der Waals surface area contributed by atoms with Crippen LogP contribution in [0.15, 0.2) is 18.2 Å². The molecule has 0 aliphatic carbocycles. The smallest absolute Gasteiger partial charge is 0.257 e. The van der Waals surface area contributed by atoms with Crippen LogP contribution < -0.4 is 15.8 Å². The van der Waals surface area contributed by atoms with Crippen molar-refractivity contribution in [2.45, 2.75) is 26.8 Å². The van der Waals surface area contributed by atoms with E-state index in [9.17, 15) is 4.79 Å². The Kier molecular flexibility index (Phi) is 4.97. The highest BCUT2D eigenvalue weighted by atomic mass is 16.5. The molecule has 0 aromatic heterocycles. The second-order valence-corrected chi connectivity index (χ2v) is 4.29. The summed E-state index contributed by atoms with van der Waals surface area (Å²) in [5, 5.41) is 2.70. The fourth-order valence-electron chi connectivity index (χ4n) is 1.49. The van der Waals surface area contributed by atoms with Crippen molar-refractivity contribution in [3.63, 3.8) is 0 Å². The minimum absolute atomic E-state index is 0.0262. The summed E-state index contributed by atoms with van der Waals surface area (Å²) in [6.45, 7) is 6.25. The first-order chi connectivity index (χ1) is 8.00. The van der Waals surface area contributed by atoms with Crippen LogP contribution in [0.4, 0.5) is 0 Å². The molecule has 0 aliphatic heterocycles. The number of carbonyl (C=O) groups excluding carboxylic acids is 1. The minimum atomic E-state index is -0.148. The Bertz CT molecular complexity index is 369. The molecular weight excluding hydrogens is 216 g/mol. The van der Waals surface area contributed by atoms with E-state index in [1.807, 2.05) is 39.0 Å². The number of carbonyl (C=O) groups is 1. The summed E-state index contributed by atoms with van der Waals surface area (Å²) in [6, 6.07) is 5.84. The monoisotopic (exact) mass is 236 g/mol. The van der Waals surface area contributed by atoms with Crippen molar-refractivity contribution in [3.8, 4) is 5.75 Å². The number of nitrogens with two attached hydrogens (primary N) is 1. The number of hydrogen-bond donors (Lipinski definition) is 2. The van der Waals surface area contributed by atoms with Gasteiger partial charge in [0.15, 0.2) is 6.61 Å². The predicted molar refractivity (Wildman–Crippen MR) is 68.1 cm³/mol. The van der Waals surface area contributed by atoms with Gasteiger partial charge in [-0.05, 0) is 31.9 Å². The van der Waals surface area contributed by atoms with Crippen LogP contribution in [-0.4, -0.2) is 25.1 Å². The molecule has 0 heterocycles. The third-order valence-electron chi connectivity index (χ3n) is 2.38. The van der Waals surface area contributed by atoms with Crippen molar-refractivity contribution in [1.29, 1.82) is 0 Å². The standard InChI is InChI=1S/C13H20N2O2/c1-9-5-4-6-10(2)13(9)17-8-12(16)15-7-11(3)14/h4-6,11H,7-8,14H2,1-3H3,(H,15,16). The van der Waals surface area contributed by atoms with Crippen molar-refractivity contribution in [2.24, 2.45) is 5.73 Å². The Morgan fingerprint density at radius 3 is 2.53 bits per heavy atom. The van der Waals surface area contributed by atoms with Crippen LogP contribution in [-0.2, 0) is 4.79 Å². The number of nitrogens with one attached hydrogen (secondary N) is 1. The van der Waals surface area contributed by atoms with Gasteiger partial charge in [-0.2, -0.15) is 0 Å². The lowest BCUT2D eigenvalue weighted by Gasteiger charge is -2.12. The van der Waals surface area contributed by atoms with Crippen molar-refractivity contribution in [2.75, 3.05) is 13.2 Å². The molecule has 0 spiro atoms.